The minimum Gasteiger partial charge on any atom is -0.322 e. The molecule has 4 rings (SSSR count). The number of hydrogen-bond donors (Lipinski definition) is 2. The van der Waals surface area contributed by atoms with Crippen molar-refractivity contribution in [3.8, 4) is 11.3 Å². The van der Waals surface area contributed by atoms with Crippen LogP contribution in [0.25, 0.3) is 28.2 Å². The van der Waals surface area contributed by atoms with Crippen molar-refractivity contribution < 1.29 is 4.79 Å². The Balaban J connectivity index is 1.52. The summed E-state index contributed by atoms with van der Waals surface area (Å²) in [7, 11) is 0. The van der Waals surface area contributed by atoms with Gasteiger partial charge >= 0.3 is 0 Å². The molecule has 2 aromatic carbocycles. The monoisotopic (exact) mass is 368 g/mol. The molecule has 0 fully saturated rings. The zero-order valence-corrected chi connectivity index (χ0v) is 14.8. The first-order chi connectivity index (χ1) is 13.7. The fraction of sp³-hybridized carbons (Fsp3) is 0. The quantitative estimate of drug-likeness (QED) is 0.538. The summed E-state index contributed by atoms with van der Waals surface area (Å²) in [6.07, 6.45) is 4.96. The van der Waals surface area contributed by atoms with E-state index < -0.39 is 0 Å². The first-order valence-electron chi connectivity index (χ1n) is 8.68. The van der Waals surface area contributed by atoms with Crippen LogP contribution in [0.2, 0.25) is 0 Å². The number of rotatable bonds is 4. The van der Waals surface area contributed by atoms with E-state index in [9.17, 15) is 9.59 Å². The molecule has 0 aliphatic heterocycles. The van der Waals surface area contributed by atoms with Crippen LogP contribution in [0, 0.1) is 0 Å². The lowest BCUT2D eigenvalue weighted by atomic mass is 10.1. The van der Waals surface area contributed by atoms with E-state index in [2.05, 4.69) is 20.5 Å². The number of fused-ring (bicyclic) bond motifs is 1. The van der Waals surface area contributed by atoms with Gasteiger partial charge in [-0.2, -0.15) is 5.10 Å². The Kier molecular flexibility index (Phi) is 4.76. The van der Waals surface area contributed by atoms with Crippen LogP contribution in [0.5, 0.6) is 0 Å². The van der Waals surface area contributed by atoms with Gasteiger partial charge in [-0.15, -0.1) is 0 Å². The van der Waals surface area contributed by atoms with Crippen molar-refractivity contribution in [2.75, 3.05) is 5.32 Å². The predicted molar refractivity (Wildman–Crippen MR) is 110 cm³/mol. The predicted octanol–water partition coefficient (Wildman–Crippen LogP) is 3.64. The number of nitrogens with one attached hydrogen (secondary N) is 2. The number of benzene rings is 2. The molecule has 0 aliphatic carbocycles. The molecule has 0 unspecified atom stereocenters. The molecule has 0 saturated heterocycles. The summed E-state index contributed by atoms with van der Waals surface area (Å²) < 4.78 is 0. The number of hydrogen-bond acceptors (Lipinski definition) is 4. The summed E-state index contributed by atoms with van der Waals surface area (Å²) in [6, 6.07) is 20.0. The summed E-state index contributed by atoms with van der Waals surface area (Å²) >= 11 is 0. The van der Waals surface area contributed by atoms with Crippen molar-refractivity contribution in [2.24, 2.45) is 0 Å². The van der Waals surface area contributed by atoms with Gasteiger partial charge in [-0.25, -0.2) is 5.10 Å². The Labute approximate surface area is 160 Å². The van der Waals surface area contributed by atoms with Crippen molar-refractivity contribution >= 4 is 28.6 Å². The molecule has 0 aliphatic rings. The van der Waals surface area contributed by atoms with Gasteiger partial charge in [0, 0.05) is 40.5 Å². The fourth-order valence-electron chi connectivity index (χ4n) is 2.87. The third kappa shape index (κ3) is 3.86. The maximum Gasteiger partial charge on any atom is 0.264 e. The van der Waals surface area contributed by atoms with Crippen LogP contribution in [0.1, 0.15) is 5.56 Å². The van der Waals surface area contributed by atoms with E-state index in [0.717, 1.165) is 22.0 Å². The number of aromatic nitrogens is 3. The highest BCUT2D eigenvalue weighted by Gasteiger charge is 2.04. The molecule has 0 bridgehead atoms. The van der Waals surface area contributed by atoms with E-state index in [1.807, 2.05) is 42.5 Å². The van der Waals surface area contributed by atoms with Gasteiger partial charge < -0.3 is 5.32 Å². The topological polar surface area (TPSA) is 87.7 Å². The number of carbonyl (C=O) groups excluding carboxylic acids is 1. The second-order valence-electron chi connectivity index (χ2n) is 6.13. The Hall–Kier alpha value is -4.06. The van der Waals surface area contributed by atoms with Gasteiger partial charge in [0.1, 0.15) is 0 Å². The van der Waals surface area contributed by atoms with Gasteiger partial charge in [0.25, 0.3) is 5.56 Å². The first-order valence-corrected chi connectivity index (χ1v) is 8.68. The standard InChI is InChI=1S/C22H16N4O2/c27-20(11-9-16-5-1-4-15-7-3-13-23-22(15)16)24-18-8-2-6-17(14-18)19-10-12-21(28)26-25-19/h1-14H,(H,24,27)(H,26,28)/b11-9+. The third-order valence-electron chi connectivity index (χ3n) is 4.18. The molecule has 2 heterocycles. The maximum atomic E-state index is 12.3. The second-order valence-corrected chi connectivity index (χ2v) is 6.13. The van der Waals surface area contributed by atoms with E-state index in [-0.39, 0.29) is 11.5 Å². The molecule has 28 heavy (non-hydrogen) atoms. The summed E-state index contributed by atoms with van der Waals surface area (Å²) in [5.41, 5.74) is 3.50. The highest BCUT2D eigenvalue weighted by molar-refractivity contribution is 6.03. The molecule has 0 spiro atoms. The number of pyridine rings is 1. The molecule has 0 radical (unpaired) electrons. The summed E-state index contributed by atoms with van der Waals surface area (Å²) in [5.74, 6) is -0.250. The lowest BCUT2D eigenvalue weighted by molar-refractivity contribution is -0.111. The number of amides is 1. The Morgan fingerprint density at radius 2 is 1.86 bits per heavy atom. The molecule has 0 atom stereocenters. The van der Waals surface area contributed by atoms with Crippen molar-refractivity contribution in [1.82, 2.24) is 15.2 Å². The average Bonchev–Trinajstić information content (AvgIpc) is 2.73. The molecular weight excluding hydrogens is 352 g/mol. The SMILES string of the molecule is O=C(/C=C/c1cccc2cccnc12)Nc1cccc(-c2ccc(=O)[nH]n2)c1. The number of aromatic amines is 1. The normalized spacial score (nSPS) is 11.0. The van der Waals surface area contributed by atoms with Crippen molar-refractivity contribution in [3.05, 3.63) is 94.9 Å². The fourth-order valence-corrected chi connectivity index (χ4v) is 2.87. The van der Waals surface area contributed by atoms with Gasteiger partial charge in [-0.3, -0.25) is 14.6 Å². The number of anilines is 1. The number of H-pyrrole nitrogens is 1. The number of carbonyl (C=O) groups is 1. The van der Waals surface area contributed by atoms with Crippen molar-refractivity contribution in [1.29, 1.82) is 0 Å². The van der Waals surface area contributed by atoms with Gasteiger partial charge in [0.2, 0.25) is 5.91 Å². The van der Waals surface area contributed by atoms with Gasteiger partial charge in [-0.05, 0) is 30.3 Å². The van der Waals surface area contributed by atoms with Crippen LogP contribution in [-0.2, 0) is 4.79 Å². The lowest BCUT2D eigenvalue weighted by Crippen LogP contribution is -2.08. The average molecular weight is 368 g/mol. The maximum absolute atomic E-state index is 12.3. The van der Waals surface area contributed by atoms with Crippen LogP contribution in [0.3, 0.4) is 0 Å². The zero-order valence-electron chi connectivity index (χ0n) is 14.8. The molecule has 2 aromatic heterocycles. The van der Waals surface area contributed by atoms with E-state index >= 15 is 0 Å². The molecule has 4 aromatic rings. The third-order valence-corrected chi connectivity index (χ3v) is 4.18. The number of nitrogens with zero attached hydrogens (tertiary/aromatic N) is 2. The largest absolute Gasteiger partial charge is 0.322 e. The minimum absolute atomic E-state index is 0.250. The first kappa shape index (κ1) is 17.4. The Morgan fingerprint density at radius 1 is 1.00 bits per heavy atom. The van der Waals surface area contributed by atoms with Gasteiger partial charge in [0.05, 0.1) is 11.2 Å². The second kappa shape index (κ2) is 7.67. The van der Waals surface area contributed by atoms with E-state index in [1.54, 1.807) is 30.5 Å². The van der Waals surface area contributed by atoms with Crippen molar-refractivity contribution in [3.63, 3.8) is 0 Å². The molecule has 6 nitrogen and oxygen atoms in total. The lowest BCUT2D eigenvalue weighted by Gasteiger charge is -2.05. The van der Waals surface area contributed by atoms with E-state index in [0.29, 0.717) is 11.4 Å². The molecule has 0 saturated carbocycles. The molecular formula is C22H16N4O2. The van der Waals surface area contributed by atoms with E-state index in [1.165, 1.54) is 12.1 Å². The summed E-state index contributed by atoms with van der Waals surface area (Å²) in [5, 5.41) is 10.3. The van der Waals surface area contributed by atoms with Crippen LogP contribution in [-0.4, -0.2) is 21.1 Å². The van der Waals surface area contributed by atoms with Crippen LogP contribution in [0.15, 0.2) is 83.8 Å². The molecule has 1 amide bonds. The minimum atomic E-state index is -0.263. The summed E-state index contributed by atoms with van der Waals surface area (Å²) in [6.45, 7) is 0. The number of para-hydroxylation sites is 1. The molecule has 136 valence electrons. The highest BCUT2D eigenvalue weighted by atomic mass is 16.1. The highest BCUT2D eigenvalue weighted by Crippen LogP contribution is 2.20. The van der Waals surface area contributed by atoms with Crippen molar-refractivity contribution in [2.45, 2.75) is 0 Å². The Morgan fingerprint density at radius 3 is 2.71 bits per heavy atom. The molecule has 6 heteroatoms. The van der Waals surface area contributed by atoms with Crippen LogP contribution < -0.4 is 10.9 Å². The van der Waals surface area contributed by atoms with E-state index in [4.69, 9.17) is 0 Å². The van der Waals surface area contributed by atoms with Gasteiger partial charge in [-0.1, -0.05) is 36.4 Å². The smallest absolute Gasteiger partial charge is 0.264 e. The van der Waals surface area contributed by atoms with Crippen LogP contribution >= 0.6 is 0 Å². The van der Waals surface area contributed by atoms with Gasteiger partial charge in [0.15, 0.2) is 0 Å². The van der Waals surface area contributed by atoms with Crippen LogP contribution in [0.4, 0.5) is 5.69 Å². The molecule has 2 N–H and O–H groups in total. The zero-order chi connectivity index (χ0) is 19.3. The summed E-state index contributed by atoms with van der Waals surface area (Å²) in [4.78, 5) is 27.9. The Bertz CT molecular complexity index is 1220.